The summed E-state index contributed by atoms with van der Waals surface area (Å²) >= 11 is 0. The molecule has 11 heteroatoms. The highest BCUT2D eigenvalue weighted by Gasteiger charge is 2.32. The molecule has 26 heavy (non-hydrogen) atoms. The summed E-state index contributed by atoms with van der Waals surface area (Å²) in [6.45, 7) is -1.66. The van der Waals surface area contributed by atoms with Gasteiger partial charge in [-0.05, 0) is 30.3 Å². The Balaban J connectivity index is 2.31. The van der Waals surface area contributed by atoms with Gasteiger partial charge in [0.05, 0.1) is 16.1 Å². The summed E-state index contributed by atoms with van der Waals surface area (Å²) in [5.74, 6) is -0.416. The van der Waals surface area contributed by atoms with E-state index in [2.05, 4.69) is 4.74 Å². The molecule has 0 bridgehead atoms. The number of anilines is 1. The molecule has 1 N–H and O–H groups in total. The van der Waals surface area contributed by atoms with E-state index in [1.54, 1.807) is 0 Å². The molecule has 0 unspecified atom stereocenters. The molecule has 0 aliphatic carbocycles. The fourth-order valence-corrected chi connectivity index (χ4v) is 3.00. The SMILES string of the molecule is O=S(=O)(Nc1ccccc1OCC(F)(F)F)c1cccc(C(F)(F)F)c1. The standard InChI is InChI=1S/C15H11F6NO3S/c16-14(17,18)9-25-13-7-2-1-6-12(13)22-26(23,24)11-5-3-4-10(8-11)15(19,20)21/h1-8,22H,9H2. The molecule has 0 radical (unpaired) electrons. The molecule has 0 saturated carbocycles. The topological polar surface area (TPSA) is 55.4 Å². The fourth-order valence-electron chi connectivity index (χ4n) is 1.88. The lowest BCUT2D eigenvalue weighted by atomic mass is 10.2. The first-order valence-electron chi connectivity index (χ1n) is 6.87. The second-order valence-electron chi connectivity index (χ2n) is 5.03. The summed E-state index contributed by atoms with van der Waals surface area (Å²) in [5, 5.41) is 0. The molecule has 2 rings (SSSR count). The summed E-state index contributed by atoms with van der Waals surface area (Å²) < 4.78 is 106. The van der Waals surface area contributed by atoms with Crippen molar-refractivity contribution < 1.29 is 39.5 Å². The number of rotatable bonds is 5. The largest absolute Gasteiger partial charge is 0.482 e. The zero-order valence-corrected chi connectivity index (χ0v) is 13.5. The first kappa shape index (κ1) is 19.9. The molecule has 0 aliphatic rings. The Hall–Kier alpha value is -2.43. The van der Waals surface area contributed by atoms with Crippen LogP contribution in [0.4, 0.5) is 32.0 Å². The van der Waals surface area contributed by atoms with Crippen LogP contribution < -0.4 is 9.46 Å². The van der Waals surface area contributed by atoms with Crippen molar-refractivity contribution in [1.29, 1.82) is 0 Å². The van der Waals surface area contributed by atoms with E-state index in [9.17, 15) is 34.8 Å². The molecule has 0 spiro atoms. The minimum Gasteiger partial charge on any atom is -0.482 e. The predicted molar refractivity (Wildman–Crippen MR) is 80.2 cm³/mol. The smallest absolute Gasteiger partial charge is 0.422 e. The van der Waals surface area contributed by atoms with Crippen molar-refractivity contribution in [3.63, 3.8) is 0 Å². The zero-order chi connectivity index (χ0) is 19.6. The molecule has 2 aromatic rings. The first-order chi connectivity index (χ1) is 11.9. The average Bonchev–Trinajstić information content (AvgIpc) is 2.52. The van der Waals surface area contributed by atoms with Gasteiger partial charge in [-0.3, -0.25) is 4.72 Å². The number of nitrogens with one attached hydrogen (secondary N) is 1. The number of sulfonamides is 1. The van der Waals surface area contributed by atoms with Crippen molar-refractivity contribution in [1.82, 2.24) is 0 Å². The van der Waals surface area contributed by atoms with Gasteiger partial charge in [-0.2, -0.15) is 26.3 Å². The highest BCUT2D eigenvalue weighted by Crippen LogP contribution is 2.32. The number of halogens is 6. The zero-order valence-electron chi connectivity index (χ0n) is 12.7. The molecular formula is C15H11F6NO3S. The summed E-state index contributed by atoms with van der Waals surface area (Å²) in [6.07, 6.45) is -9.40. The van der Waals surface area contributed by atoms with Crippen molar-refractivity contribution in [2.24, 2.45) is 0 Å². The maximum absolute atomic E-state index is 12.7. The Labute approximate surface area is 144 Å². The van der Waals surface area contributed by atoms with Gasteiger partial charge >= 0.3 is 12.4 Å². The second kappa shape index (κ2) is 7.06. The molecule has 0 heterocycles. The molecule has 142 valence electrons. The normalized spacial score (nSPS) is 12.7. The lowest BCUT2D eigenvalue weighted by molar-refractivity contribution is -0.153. The Morgan fingerprint density at radius 3 is 2.19 bits per heavy atom. The quantitative estimate of drug-likeness (QED) is 0.756. The highest BCUT2D eigenvalue weighted by atomic mass is 32.2. The van der Waals surface area contributed by atoms with Gasteiger partial charge < -0.3 is 4.74 Å². The van der Waals surface area contributed by atoms with Gasteiger partial charge in [-0.25, -0.2) is 8.42 Å². The number of hydrogen-bond donors (Lipinski definition) is 1. The monoisotopic (exact) mass is 399 g/mol. The van der Waals surface area contributed by atoms with Crippen LogP contribution in [-0.4, -0.2) is 21.2 Å². The fraction of sp³-hybridized carbons (Fsp3) is 0.200. The summed E-state index contributed by atoms with van der Waals surface area (Å²) in [5.41, 5.74) is -1.52. The third kappa shape index (κ3) is 5.28. The van der Waals surface area contributed by atoms with Gasteiger partial charge in [0.15, 0.2) is 6.61 Å². The average molecular weight is 399 g/mol. The Kier molecular flexibility index (Phi) is 5.40. The van der Waals surface area contributed by atoms with Gasteiger partial charge in [0.2, 0.25) is 0 Å². The highest BCUT2D eigenvalue weighted by molar-refractivity contribution is 7.92. The third-order valence-corrected chi connectivity index (χ3v) is 4.36. The number of hydrogen-bond acceptors (Lipinski definition) is 3. The van der Waals surface area contributed by atoms with E-state index in [4.69, 9.17) is 0 Å². The van der Waals surface area contributed by atoms with Gasteiger partial charge in [-0.15, -0.1) is 0 Å². The molecule has 0 aliphatic heterocycles. The van der Waals surface area contributed by atoms with Crippen LogP contribution in [-0.2, 0) is 16.2 Å². The maximum Gasteiger partial charge on any atom is 0.422 e. The molecule has 0 atom stereocenters. The van der Waals surface area contributed by atoms with Crippen molar-refractivity contribution in [3.8, 4) is 5.75 Å². The maximum atomic E-state index is 12.7. The summed E-state index contributed by atoms with van der Waals surface area (Å²) in [6, 6.07) is 7.80. The number of ether oxygens (including phenoxy) is 1. The molecule has 0 aromatic heterocycles. The van der Waals surface area contributed by atoms with E-state index in [0.717, 1.165) is 24.3 Å². The first-order valence-corrected chi connectivity index (χ1v) is 8.35. The van der Waals surface area contributed by atoms with Crippen molar-refractivity contribution in [2.45, 2.75) is 17.2 Å². The van der Waals surface area contributed by atoms with E-state index >= 15 is 0 Å². The van der Waals surface area contributed by atoms with Crippen molar-refractivity contribution in [2.75, 3.05) is 11.3 Å². The van der Waals surface area contributed by atoms with E-state index in [0.29, 0.717) is 12.1 Å². The predicted octanol–water partition coefficient (Wildman–Crippen LogP) is 4.45. The van der Waals surface area contributed by atoms with Crippen LogP contribution in [0, 0.1) is 0 Å². The van der Waals surface area contributed by atoms with Crippen LogP contribution in [0.25, 0.3) is 0 Å². The summed E-state index contributed by atoms with van der Waals surface area (Å²) in [4.78, 5) is -0.696. The lowest BCUT2D eigenvalue weighted by Gasteiger charge is -2.15. The Morgan fingerprint density at radius 1 is 0.923 bits per heavy atom. The number of para-hydroxylation sites is 2. The van der Waals surface area contributed by atoms with Crippen molar-refractivity contribution >= 4 is 15.7 Å². The van der Waals surface area contributed by atoms with E-state index < -0.39 is 45.2 Å². The van der Waals surface area contributed by atoms with Crippen LogP contribution >= 0.6 is 0 Å². The van der Waals surface area contributed by atoms with Crippen LogP contribution in [0.15, 0.2) is 53.4 Å². The van der Waals surface area contributed by atoms with Gasteiger partial charge in [0.25, 0.3) is 10.0 Å². The number of alkyl halides is 6. The van der Waals surface area contributed by atoms with Crippen LogP contribution in [0.3, 0.4) is 0 Å². The van der Waals surface area contributed by atoms with E-state index in [1.165, 1.54) is 12.1 Å². The molecule has 2 aromatic carbocycles. The molecule has 0 amide bonds. The van der Waals surface area contributed by atoms with E-state index in [-0.39, 0.29) is 5.69 Å². The Bertz CT molecular complexity index is 877. The Morgan fingerprint density at radius 2 is 1.58 bits per heavy atom. The second-order valence-corrected chi connectivity index (χ2v) is 6.71. The number of benzene rings is 2. The molecular weight excluding hydrogens is 388 g/mol. The van der Waals surface area contributed by atoms with Gasteiger partial charge in [0.1, 0.15) is 5.75 Å². The third-order valence-electron chi connectivity index (χ3n) is 2.99. The molecule has 4 nitrogen and oxygen atoms in total. The molecule has 0 fully saturated rings. The van der Waals surface area contributed by atoms with Crippen molar-refractivity contribution in [3.05, 3.63) is 54.1 Å². The minimum atomic E-state index is -4.75. The minimum absolute atomic E-state index is 0.339. The van der Waals surface area contributed by atoms with Crippen LogP contribution in [0.2, 0.25) is 0 Å². The van der Waals surface area contributed by atoms with E-state index in [1.807, 2.05) is 4.72 Å². The van der Waals surface area contributed by atoms with Crippen LogP contribution in [0.5, 0.6) is 5.75 Å². The van der Waals surface area contributed by atoms with Gasteiger partial charge in [-0.1, -0.05) is 18.2 Å². The molecule has 0 saturated heterocycles. The van der Waals surface area contributed by atoms with Gasteiger partial charge in [0, 0.05) is 0 Å². The lowest BCUT2D eigenvalue weighted by Crippen LogP contribution is -2.20. The van der Waals surface area contributed by atoms with Crippen LogP contribution in [0.1, 0.15) is 5.56 Å². The summed E-state index contributed by atoms with van der Waals surface area (Å²) in [7, 11) is -4.48.